The number of hydrogen-bond acceptors (Lipinski definition) is 5. The molecule has 0 spiro atoms. The Balaban J connectivity index is 1.38. The molecule has 0 bridgehead atoms. The molecular weight excluding hydrogens is 416 g/mol. The van der Waals surface area contributed by atoms with Crippen molar-refractivity contribution in [3.63, 3.8) is 0 Å². The van der Waals surface area contributed by atoms with Gasteiger partial charge in [-0.15, -0.1) is 0 Å². The van der Waals surface area contributed by atoms with E-state index in [4.69, 9.17) is 16.0 Å². The molecule has 8 heteroatoms. The van der Waals surface area contributed by atoms with Crippen molar-refractivity contribution in [1.29, 1.82) is 0 Å². The first-order valence-corrected chi connectivity index (χ1v) is 10.8. The second-order valence-corrected chi connectivity index (χ2v) is 8.44. The van der Waals surface area contributed by atoms with Crippen LogP contribution in [0, 0.1) is 5.92 Å². The van der Waals surface area contributed by atoms with Crippen LogP contribution in [0.4, 0.5) is 11.7 Å². The first-order valence-electron chi connectivity index (χ1n) is 10.4. The lowest BCUT2D eigenvalue weighted by Gasteiger charge is -2.30. The van der Waals surface area contributed by atoms with Crippen LogP contribution in [0.3, 0.4) is 0 Å². The van der Waals surface area contributed by atoms with E-state index in [0.29, 0.717) is 48.2 Å². The largest absolute Gasteiger partial charge is 0.423 e. The first kappa shape index (κ1) is 21.2. The van der Waals surface area contributed by atoms with Crippen molar-refractivity contribution in [2.45, 2.75) is 32.7 Å². The van der Waals surface area contributed by atoms with E-state index >= 15 is 0 Å². The summed E-state index contributed by atoms with van der Waals surface area (Å²) < 4.78 is 5.84. The van der Waals surface area contributed by atoms with Crippen molar-refractivity contribution in [2.75, 3.05) is 23.3 Å². The Bertz CT molecular complexity index is 1070. The number of hydrogen-bond donors (Lipinski definition) is 2. The molecule has 0 saturated carbocycles. The zero-order valence-electron chi connectivity index (χ0n) is 17.5. The molecule has 0 aliphatic carbocycles. The van der Waals surface area contributed by atoms with Crippen LogP contribution in [0.2, 0.25) is 5.02 Å². The summed E-state index contributed by atoms with van der Waals surface area (Å²) in [4.78, 5) is 31.7. The fourth-order valence-corrected chi connectivity index (χ4v) is 3.84. The summed E-state index contributed by atoms with van der Waals surface area (Å²) in [6.07, 6.45) is 1.35. The minimum atomic E-state index is -0.200. The number of oxazole rings is 1. The standard InChI is InChI=1S/C23H25ClN4O3/c1-14(2)25-22(30)16-7-8-17(24)19(13-16)26-21(29)15-9-11-28(12-10-15)23-27-18-5-3-4-6-20(18)31-23/h3-8,13-15H,9-12H2,1-2H3,(H,25,30)(H,26,29). The average molecular weight is 441 g/mol. The molecule has 1 saturated heterocycles. The summed E-state index contributed by atoms with van der Waals surface area (Å²) >= 11 is 6.26. The molecule has 0 unspecified atom stereocenters. The highest BCUT2D eigenvalue weighted by Gasteiger charge is 2.27. The predicted molar refractivity (Wildman–Crippen MR) is 122 cm³/mol. The molecule has 31 heavy (non-hydrogen) atoms. The SMILES string of the molecule is CC(C)NC(=O)c1ccc(Cl)c(NC(=O)C2CCN(c3nc4ccccc4o3)CC2)c1. The maximum atomic E-state index is 12.8. The van der Waals surface area contributed by atoms with Gasteiger partial charge in [0.05, 0.1) is 10.7 Å². The molecule has 2 heterocycles. The highest BCUT2D eigenvalue weighted by Crippen LogP contribution is 2.28. The number of fused-ring (bicyclic) bond motifs is 1. The number of piperidine rings is 1. The van der Waals surface area contributed by atoms with Gasteiger partial charge in [-0.05, 0) is 57.0 Å². The van der Waals surface area contributed by atoms with E-state index in [1.54, 1.807) is 18.2 Å². The van der Waals surface area contributed by atoms with Gasteiger partial charge in [-0.2, -0.15) is 4.98 Å². The van der Waals surface area contributed by atoms with E-state index in [1.807, 2.05) is 38.1 Å². The van der Waals surface area contributed by atoms with Gasteiger partial charge in [0.1, 0.15) is 5.52 Å². The summed E-state index contributed by atoms with van der Waals surface area (Å²) in [7, 11) is 0. The van der Waals surface area contributed by atoms with Crippen LogP contribution in [0.5, 0.6) is 0 Å². The lowest BCUT2D eigenvalue weighted by atomic mass is 9.96. The van der Waals surface area contributed by atoms with Gasteiger partial charge in [0.2, 0.25) is 5.91 Å². The van der Waals surface area contributed by atoms with Crippen LogP contribution in [0.25, 0.3) is 11.1 Å². The van der Waals surface area contributed by atoms with E-state index in [-0.39, 0.29) is 23.8 Å². The smallest absolute Gasteiger partial charge is 0.298 e. The average Bonchev–Trinajstić information content (AvgIpc) is 3.19. The summed E-state index contributed by atoms with van der Waals surface area (Å²) in [6, 6.07) is 13.2. The molecule has 2 amide bonds. The van der Waals surface area contributed by atoms with Gasteiger partial charge >= 0.3 is 0 Å². The first-order chi connectivity index (χ1) is 14.9. The summed E-state index contributed by atoms with van der Waals surface area (Å²) in [5.41, 5.74) is 2.49. The van der Waals surface area contributed by atoms with Gasteiger partial charge in [-0.1, -0.05) is 23.7 Å². The second-order valence-electron chi connectivity index (χ2n) is 8.04. The maximum Gasteiger partial charge on any atom is 0.298 e. The number of aromatic nitrogens is 1. The quantitative estimate of drug-likeness (QED) is 0.611. The number of carbonyl (C=O) groups excluding carboxylic acids is 2. The Kier molecular flexibility index (Phi) is 6.13. The molecule has 1 aliphatic heterocycles. The monoisotopic (exact) mass is 440 g/mol. The van der Waals surface area contributed by atoms with Gasteiger partial charge in [0.25, 0.3) is 11.9 Å². The summed E-state index contributed by atoms with van der Waals surface area (Å²) in [6.45, 7) is 5.14. The van der Waals surface area contributed by atoms with Crippen LogP contribution in [0.1, 0.15) is 37.0 Å². The van der Waals surface area contributed by atoms with Crippen LogP contribution in [-0.2, 0) is 4.79 Å². The molecule has 1 fully saturated rings. The third-order valence-electron chi connectivity index (χ3n) is 5.33. The molecule has 2 N–H and O–H groups in total. The highest BCUT2D eigenvalue weighted by atomic mass is 35.5. The number of halogens is 1. The molecule has 1 aliphatic rings. The number of nitrogens with zero attached hydrogens (tertiary/aromatic N) is 2. The fourth-order valence-electron chi connectivity index (χ4n) is 3.67. The third-order valence-corrected chi connectivity index (χ3v) is 5.65. The lowest BCUT2D eigenvalue weighted by Crippen LogP contribution is -2.38. The van der Waals surface area contributed by atoms with Crippen LogP contribution < -0.4 is 15.5 Å². The van der Waals surface area contributed by atoms with Crippen molar-refractivity contribution in [3.05, 3.63) is 53.1 Å². The minimum absolute atomic E-state index is 0.0210. The van der Waals surface area contributed by atoms with Gasteiger partial charge in [0, 0.05) is 30.6 Å². The molecule has 162 valence electrons. The maximum absolute atomic E-state index is 12.8. The van der Waals surface area contributed by atoms with Gasteiger partial charge < -0.3 is 20.0 Å². The number of anilines is 2. The van der Waals surface area contributed by atoms with Crippen molar-refractivity contribution in [2.24, 2.45) is 5.92 Å². The van der Waals surface area contributed by atoms with Crippen LogP contribution in [-0.4, -0.2) is 35.9 Å². The van der Waals surface area contributed by atoms with E-state index in [0.717, 1.165) is 11.1 Å². The Labute approximate surface area is 185 Å². The molecule has 1 aromatic heterocycles. The predicted octanol–water partition coefficient (Wildman–Crippen LogP) is 4.47. The second kappa shape index (κ2) is 8.98. The Morgan fingerprint density at radius 1 is 1.16 bits per heavy atom. The molecule has 2 aromatic carbocycles. The lowest BCUT2D eigenvalue weighted by molar-refractivity contribution is -0.120. The van der Waals surface area contributed by atoms with E-state index in [2.05, 4.69) is 20.5 Å². The van der Waals surface area contributed by atoms with Crippen LogP contribution in [0.15, 0.2) is 46.9 Å². The van der Waals surface area contributed by atoms with Crippen molar-refractivity contribution in [1.82, 2.24) is 10.3 Å². The Morgan fingerprint density at radius 2 is 1.90 bits per heavy atom. The van der Waals surface area contributed by atoms with Crippen molar-refractivity contribution in [3.8, 4) is 0 Å². The number of para-hydroxylation sites is 2. The van der Waals surface area contributed by atoms with Gasteiger partial charge in [-0.3, -0.25) is 9.59 Å². The fraction of sp³-hybridized carbons (Fsp3) is 0.348. The number of benzene rings is 2. The molecule has 0 atom stereocenters. The zero-order valence-corrected chi connectivity index (χ0v) is 18.3. The molecule has 3 aromatic rings. The summed E-state index contributed by atoms with van der Waals surface area (Å²) in [5, 5.41) is 6.13. The van der Waals surface area contributed by atoms with Gasteiger partial charge in [-0.25, -0.2) is 0 Å². The molecule has 0 radical (unpaired) electrons. The number of rotatable bonds is 5. The topological polar surface area (TPSA) is 87.5 Å². The zero-order chi connectivity index (χ0) is 22.0. The van der Waals surface area contributed by atoms with Crippen molar-refractivity contribution < 1.29 is 14.0 Å². The van der Waals surface area contributed by atoms with E-state index in [9.17, 15) is 9.59 Å². The Morgan fingerprint density at radius 3 is 2.61 bits per heavy atom. The molecule has 7 nitrogen and oxygen atoms in total. The highest BCUT2D eigenvalue weighted by molar-refractivity contribution is 6.34. The van der Waals surface area contributed by atoms with E-state index < -0.39 is 0 Å². The number of carbonyl (C=O) groups is 2. The normalized spacial score (nSPS) is 14.8. The summed E-state index contributed by atoms with van der Waals surface area (Å²) in [5.74, 6) is -0.445. The van der Waals surface area contributed by atoms with Gasteiger partial charge in [0.15, 0.2) is 5.58 Å². The number of nitrogens with one attached hydrogen (secondary N) is 2. The Hall–Kier alpha value is -3.06. The number of amides is 2. The molecule has 4 rings (SSSR count). The van der Waals surface area contributed by atoms with Crippen molar-refractivity contribution >= 4 is 46.2 Å². The third kappa shape index (κ3) is 4.82. The van der Waals surface area contributed by atoms with E-state index in [1.165, 1.54) is 0 Å². The van der Waals surface area contributed by atoms with Crippen LogP contribution >= 0.6 is 11.6 Å². The molecular formula is C23H25ClN4O3. The minimum Gasteiger partial charge on any atom is -0.423 e.